The van der Waals surface area contributed by atoms with Gasteiger partial charge in [0, 0.05) is 10.9 Å². The molecule has 0 atom stereocenters. The zero-order valence-corrected chi connectivity index (χ0v) is 13.1. The van der Waals surface area contributed by atoms with Gasteiger partial charge in [-0.05, 0) is 24.3 Å². The molecule has 0 bridgehead atoms. The van der Waals surface area contributed by atoms with E-state index in [1.165, 1.54) is 0 Å². The molecule has 0 saturated carbocycles. The van der Waals surface area contributed by atoms with Crippen LogP contribution < -0.4 is 15.8 Å². The van der Waals surface area contributed by atoms with Crippen molar-refractivity contribution in [2.75, 3.05) is 7.11 Å². The lowest BCUT2D eigenvalue weighted by atomic mass is 10.1. The minimum atomic E-state index is 0.0133. The molecule has 0 aliphatic rings. The molecule has 0 spiro atoms. The van der Waals surface area contributed by atoms with Crippen LogP contribution in [0, 0.1) is 0 Å². The summed E-state index contributed by atoms with van der Waals surface area (Å²) >= 11 is 0. The van der Waals surface area contributed by atoms with Crippen LogP contribution in [-0.2, 0) is 4.79 Å². The maximum atomic E-state index is 10.6. The van der Waals surface area contributed by atoms with Crippen LogP contribution >= 0.6 is 0 Å². The summed E-state index contributed by atoms with van der Waals surface area (Å²) in [5, 5.41) is 3.12. The van der Waals surface area contributed by atoms with Gasteiger partial charge >= 0.3 is 0 Å². The standard InChI is InChI=1S/C18H16N4O2/c1-24-13-7-8-15-14(9-13)17(22-18(19)20-11-23)10-16(21-15)12-5-3-2-4-6-12/h2-11H,1H3,(H3,19,20,21,22,23). The molecule has 3 rings (SSSR count). The van der Waals surface area contributed by atoms with Crippen molar-refractivity contribution in [3.63, 3.8) is 0 Å². The predicted octanol–water partition coefficient (Wildman–Crippen LogP) is 2.60. The fraction of sp³-hybridized carbons (Fsp3) is 0.0556. The number of aliphatic imine (C=N–C) groups is 1. The zero-order chi connectivity index (χ0) is 16.9. The van der Waals surface area contributed by atoms with Gasteiger partial charge in [0.05, 0.1) is 24.0 Å². The van der Waals surface area contributed by atoms with E-state index in [1.807, 2.05) is 54.6 Å². The number of nitrogens with one attached hydrogen (secondary N) is 1. The van der Waals surface area contributed by atoms with Gasteiger partial charge in [-0.2, -0.15) is 0 Å². The monoisotopic (exact) mass is 320 g/mol. The molecule has 0 aliphatic carbocycles. The second kappa shape index (κ2) is 6.78. The lowest BCUT2D eigenvalue weighted by Crippen LogP contribution is -2.29. The largest absolute Gasteiger partial charge is 0.497 e. The van der Waals surface area contributed by atoms with Crippen molar-refractivity contribution in [3.8, 4) is 17.0 Å². The number of hydrogen-bond donors (Lipinski definition) is 2. The van der Waals surface area contributed by atoms with Crippen LogP contribution in [0.15, 0.2) is 59.6 Å². The van der Waals surface area contributed by atoms with E-state index in [0.717, 1.165) is 22.2 Å². The van der Waals surface area contributed by atoms with Crippen LogP contribution in [0.3, 0.4) is 0 Å². The molecule has 2 aromatic carbocycles. The highest BCUT2D eigenvalue weighted by atomic mass is 16.5. The first-order valence-corrected chi connectivity index (χ1v) is 7.30. The fourth-order valence-corrected chi connectivity index (χ4v) is 2.39. The second-order valence-electron chi connectivity index (χ2n) is 5.03. The highest BCUT2D eigenvalue weighted by Crippen LogP contribution is 2.32. The van der Waals surface area contributed by atoms with E-state index >= 15 is 0 Å². The zero-order valence-electron chi connectivity index (χ0n) is 13.1. The van der Waals surface area contributed by atoms with Crippen LogP contribution in [0.5, 0.6) is 5.75 Å². The first kappa shape index (κ1) is 15.5. The van der Waals surface area contributed by atoms with Gasteiger partial charge in [-0.25, -0.2) is 9.98 Å². The Bertz CT molecular complexity index is 908. The molecule has 0 saturated heterocycles. The number of nitrogens with two attached hydrogens (primary N) is 1. The summed E-state index contributed by atoms with van der Waals surface area (Å²) in [4.78, 5) is 19.5. The summed E-state index contributed by atoms with van der Waals surface area (Å²) in [6, 6.07) is 17.1. The molecule has 6 heteroatoms. The summed E-state index contributed by atoms with van der Waals surface area (Å²) in [5.74, 6) is 0.703. The highest BCUT2D eigenvalue weighted by molar-refractivity contribution is 5.97. The molecule has 3 aromatic rings. The molecule has 1 heterocycles. The average Bonchev–Trinajstić information content (AvgIpc) is 2.62. The first-order chi connectivity index (χ1) is 11.7. The van der Waals surface area contributed by atoms with Crippen molar-refractivity contribution in [2.45, 2.75) is 0 Å². The van der Waals surface area contributed by atoms with Gasteiger partial charge in [-0.15, -0.1) is 0 Å². The molecule has 6 nitrogen and oxygen atoms in total. The molecule has 0 radical (unpaired) electrons. The van der Waals surface area contributed by atoms with Gasteiger partial charge in [-0.3, -0.25) is 10.1 Å². The van der Waals surface area contributed by atoms with Crippen molar-refractivity contribution in [3.05, 3.63) is 54.6 Å². The number of carbonyl (C=O) groups excluding carboxylic acids is 1. The lowest BCUT2D eigenvalue weighted by Gasteiger charge is -2.09. The van der Waals surface area contributed by atoms with Crippen molar-refractivity contribution in [1.29, 1.82) is 0 Å². The maximum absolute atomic E-state index is 10.6. The van der Waals surface area contributed by atoms with Crippen molar-refractivity contribution in [2.24, 2.45) is 10.7 Å². The van der Waals surface area contributed by atoms with Gasteiger partial charge in [-0.1, -0.05) is 30.3 Å². The smallest absolute Gasteiger partial charge is 0.213 e. The van der Waals surface area contributed by atoms with E-state index in [4.69, 9.17) is 10.5 Å². The number of benzene rings is 2. The summed E-state index contributed by atoms with van der Waals surface area (Å²) in [5.41, 5.74) is 8.82. The SMILES string of the molecule is COc1ccc2nc(-c3ccccc3)cc(N=C(N)NC=O)c2c1. The number of nitrogens with zero attached hydrogens (tertiary/aromatic N) is 2. The van der Waals surface area contributed by atoms with Crippen LogP contribution in [0.4, 0.5) is 5.69 Å². The quantitative estimate of drug-likeness (QED) is 0.439. The summed E-state index contributed by atoms with van der Waals surface area (Å²) in [7, 11) is 1.60. The van der Waals surface area contributed by atoms with E-state index in [1.54, 1.807) is 7.11 Å². The van der Waals surface area contributed by atoms with Crippen LogP contribution in [0.25, 0.3) is 22.2 Å². The number of ether oxygens (including phenoxy) is 1. The van der Waals surface area contributed by atoms with Crippen molar-refractivity contribution >= 4 is 29.0 Å². The number of carbonyl (C=O) groups is 1. The Kier molecular flexibility index (Phi) is 4.38. The number of pyridine rings is 1. The van der Waals surface area contributed by atoms with Gasteiger partial charge in [0.25, 0.3) is 0 Å². The molecule has 0 aliphatic heterocycles. The normalized spacial score (nSPS) is 11.3. The number of methoxy groups -OCH3 is 1. The molecule has 3 N–H and O–H groups in total. The fourth-order valence-electron chi connectivity index (χ4n) is 2.39. The molecule has 0 fully saturated rings. The summed E-state index contributed by atoms with van der Waals surface area (Å²) in [6.07, 6.45) is 0.487. The Morgan fingerprint density at radius 3 is 2.71 bits per heavy atom. The minimum absolute atomic E-state index is 0.0133. The highest BCUT2D eigenvalue weighted by Gasteiger charge is 2.09. The molecular formula is C18H16N4O2. The Labute approximate surface area is 139 Å². The maximum Gasteiger partial charge on any atom is 0.213 e. The van der Waals surface area contributed by atoms with Gasteiger partial charge in [0.1, 0.15) is 5.75 Å². The first-order valence-electron chi connectivity index (χ1n) is 7.30. The van der Waals surface area contributed by atoms with E-state index in [0.29, 0.717) is 17.8 Å². The Morgan fingerprint density at radius 2 is 2.00 bits per heavy atom. The molecular weight excluding hydrogens is 304 g/mol. The van der Waals surface area contributed by atoms with E-state index < -0.39 is 0 Å². The van der Waals surface area contributed by atoms with Gasteiger partial charge < -0.3 is 10.5 Å². The van der Waals surface area contributed by atoms with Crippen LogP contribution in [-0.4, -0.2) is 24.5 Å². The Morgan fingerprint density at radius 1 is 1.21 bits per heavy atom. The number of hydrogen-bond acceptors (Lipinski definition) is 4. The summed E-state index contributed by atoms with van der Waals surface area (Å²) in [6.45, 7) is 0. The van der Waals surface area contributed by atoms with E-state index in [2.05, 4.69) is 15.3 Å². The molecule has 1 amide bonds. The number of aromatic nitrogens is 1. The van der Waals surface area contributed by atoms with Crippen molar-refractivity contribution < 1.29 is 9.53 Å². The summed E-state index contributed by atoms with van der Waals surface area (Å²) < 4.78 is 5.27. The predicted molar refractivity (Wildman–Crippen MR) is 94.2 cm³/mol. The van der Waals surface area contributed by atoms with Gasteiger partial charge in [0.15, 0.2) is 5.96 Å². The second-order valence-corrected chi connectivity index (χ2v) is 5.03. The minimum Gasteiger partial charge on any atom is -0.497 e. The average molecular weight is 320 g/mol. The van der Waals surface area contributed by atoms with E-state index in [9.17, 15) is 4.79 Å². The lowest BCUT2D eigenvalue weighted by molar-refractivity contribution is -0.108. The van der Waals surface area contributed by atoms with Gasteiger partial charge in [0.2, 0.25) is 6.41 Å². The third-order valence-corrected chi connectivity index (χ3v) is 3.51. The molecule has 1 aromatic heterocycles. The van der Waals surface area contributed by atoms with Crippen molar-refractivity contribution in [1.82, 2.24) is 10.3 Å². The Hall–Kier alpha value is -3.41. The number of guanidine groups is 1. The van der Waals surface area contributed by atoms with Crippen LogP contribution in [0.2, 0.25) is 0 Å². The topological polar surface area (TPSA) is 89.6 Å². The molecule has 0 unspecified atom stereocenters. The van der Waals surface area contributed by atoms with E-state index in [-0.39, 0.29) is 5.96 Å². The molecule has 24 heavy (non-hydrogen) atoms. The third kappa shape index (κ3) is 3.17. The third-order valence-electron chi connectivity index (χ3n) is 3.51. The number of amides is 1. The Balaban J connectivity index is 2.23. The van der Waals surface area contributed by atoms with Crippen LogP contribution in [0.1, 0.15) is 0 Å². The number of fused-ring (bicyclic) bond motifs is 1. The number of rotatable bonds is 4. The molecule has 120 valence electrons.